The topological polar surface area (TPSA) is 59.8 Å². The summed E-state index contributed by atoms with van der Waals surface area (Å²) in [6, 6.07) is 5.62. The summed E-state index contributed by atoms with van der Waals surface area (Å²) < 4.78 is 2.58. The Morgan fingerprint density at radius 1 is 1.44 bits per heavy atom. The number of carbonyl (C=O) groups is 1. The van der Waals surface area contributed by atoms with E-state index in [0.29, 0.717) is 18.7 Å². The Balaban J connectivity index is 1.91. The number of nitrogens with zero attached hydrogens (tertiary/aromatic N) is 3. The molecule has 2 aromatic rings. The summed E-state index contributed by atoms with van der Waals surface area (Å²) >= 11 is 3.38. The first-order valence-corrected chi connectivity index (χ1v) is 6.34. The van der Waals surface area contributed by atoms with Crippen LogP contribution in [0.2, 0.25) is 0 Å². The van der Waals surface area contributed by atoms with Crippen molar-refractivity contribution in [3.63, 3.8) is 0 Å². The normalized spacial score (nSPS) is 10.3. The molecular formula is C12H13BrN4O. The summed E-state index contributed by atoms with van der Waals surface area (Å²) in [6.07, 6.45) is 3.37. The second-order valence-corrected chi connectivity index (χ2v) is 4.85. The molecule has 1 aromatic carbocycles. The predicted octanol–water partition coefficient (Wildman–Crippen LogP) is 1.78. The van der Waals surface area contributed by atoms with Gasteiger partial charge in [0.05, 0.1) is 12.7 Å². The molecule has 1 heterocycles. The number of hydrogen-bond donors (Lipinski definition) is 1. The summed E-state index contributed by atoms with van der Waals surface area (Å²) in [4.78, 5) is 11.9. The van der Waals surface area contributed by atoms with Gasteiger partial charge in [0.15, 0.2) is 0 Å². The van der Waals surface area contributed by atoms with Gasteiger partial charge in [-0.25, -0.2) is 0 Å². The number of halogens is 1. The van der Waals surface area contributed by atoms with E-state index >= 15 is 0 Å². The van der Waals surface area contributed by atoms with Crippen molar-refractivity contribution in [3.05, 3.63) is 46.2 Å². The fraction of sp³-hybridized carbons (Fsp3) is 0.250. The molecule has 6 heteroatoms. The van der Waals surface area contributed by atoms with Crippen molar-refractivity contribution in [2.24, 2.45) is 0 Å². The Kier molecular flexibility index (Phi) is 4.09. The van der Waals surface area contributed by atoms with E-state index in [1.54, 1.807) is 23.1 Å². The van der Waals surface area contributed by atoms with E-state index in [1.807, 2.05) is 19.1 Å². The van der Waals surface area contributed by atoms with Crippen LogP contribution in [0.3, 0.4) is 0 Å². The lowest BCUT2D eigenvalue weighted by Gasteiger charge is -2.06. The highest BCUT2D eigenvalue weighted by Crippen LogP contribution is 2.15. The van der Waals surface area contributed by atoms with Crippen LogP contribution in [0.4, 0.5) is 0 Å². The first-order chi connectivity index (χ1) is 8.65. The maximum Gasteiger partial charge on any atom is 0.251 e. The summed E-state index contributed by atoms with van der Waals surface area (Å²) in [7, 11) is 0. The first-order valence-electron chi connectivity index (χ1n) is 5.54. The second-order valence-electron chi connectivity index (χ2n) is 3.94. The Labute approximate surface area is 113 Å². The van der Waals surface area contributed by atoms with Crippen LogP contribution in [-0.2, 0) is 6.54 Å². The van der Waals surface area contributed by atoms with E-state index in [4.69, 9.17) is 0 Å². The van der Waals surface area contributed by atoms with Crippen LogP contribution in [-0.4, -0.2) is 27.4 Å². The number of aryl methyl sites for hydroxylation is 1. The molecular weight excluding hydrogens is 296 g/mol. The van der Waals surface area contributed by atoms with Gasteiger partial charge in [-0.15, -0.1) is 5.10 Å². The molecule has 94 valence electrons. The molecule has 0 atom stereocenters. The highest BCUT2D eigenvalue weighted by Gasteiger charge is 2.06. The fourth-order valence-corrected chi connectivity index (χ4v) is 2.21. The third kappa shape index (κ3) is 3.40. The molecule has 0 unspecified atom stereocenters. The van der Waals surface area contributed by atoms with Crippen LogP contribution in [0.1, 0.15) is 15.9 Å². The lowest BCUT2D eigenvalue weighted by Crippen LogP contribution is -2.27. The quantitative estimate of drug-likeness (QED) is 0.936. The van der Waals surface area contributed by atoms with Crippen LogP contribution in [0.25, 0.3) is 0 Å². The second kappa shape index (κ2) is 5.77. The summed E-state index contributed by atoms with van der Waals surface area (Å²) in [6.45, 7) is 3.09. The van der Waals surface area contributed by atoms with Crippen LogP contribution in [0.15, 0.2) is 35.1 Å². The number of benzene rings is 1. The summed E-state index contributed by atoms with van der Waals surface area (Å²) in [5, 5.41) is 10.4. The summed E-state index contributed by atoms with van der Waals surface area (Å²) in [5.41, 5.74) is 1.70. The Morgan fingerprint density at radius 3 is 2.94 bits per heavy atom. The van der Waals surface area contributed by atoms with Crippen molar-refractivity contribution in [1.82, 2.24) is 20.3 Å². The minimum Gasteiger partial charge on any atom is -0.350 e. The monoisotopic (exact) mass is 308 g/mol. The highest BCUT2D eigenvalue weighted by atomic mass is 79.9. The number of carbonyl (C=O) groups excluding carboxylic acids is 1. The van der Waals surface area contributed by atoms with Gasteiger partial charge in [0.25, 0.3) is 5.91 Å². The van der Waals surface area contributed by atoms with Crippen molar-refractivity contribution < 1.29 is 4.79 Å². The number of hydrogen-bond acceptors (Lipinski definition) is 3. The van der Waals surface area contributed by atoms with Crippen LogP contribution in [0.5, 0.6) is 0 Å². The average molecular weight is 309 g/mol. The van der Waals surface area contributed by atoms with Crippen LogP contribution >= 0.6 is 15.9 Å². The van der Waals surface area contributed by atoms with E-state index in [1.165, 1.54) is 0 Å². The predicted molar refractivity (Wildman–Crippen MR) is 71.2 cm³/mol. The molecule has 1 N–H and O–H groups in total. The zero-order valence-electron chi connectivity index (χ0n) is 9.93. The molecule has 5 nitrogen and oxygen atoms in total. The van der Waals surface area contributed by atoms with Gasteiger partial charge in [0.1, 0.15) is 0 Å². The Bertz CT molecular complexity index is 519. The Morgan fingerprint density at radius 2 is 2.28 bits per heavy atom. The van der Waals surface area contributed by atoms with Gasteiger partial charge in [-0.2, -0.15) is 0 Å². The van der Waals surface area contributed by atoms with E-state index in [2.05, 4.69) is 31.6 Å². The van der Waals surface area contributed by atoms with Crippen molar-refractivity contribution in [2.45, 2.75) is 13.5 Å². The maximum absolute atomic E-state index is 11.9. The molecule has 0 radical (unpaired) electrons. The average Bonchev–Trinajstić information content (AvgIpc) is 2.80. The molecule has 2 rings (SSSR count). The minimum atomic E-state index is -0.0838. The smallest absolute Gasteiger partial charge is 0.251 e. The highest BCUT2D eigenvalue weighted by molar-refractivity contribution is 9.10. The largest absolute Gasteiger partial charge is 0.350 e. The minimum absolute atomic E-state index is 0.0838. The van der Waals surface area contributed by atoms with Gasteiger partial charge in [-0.3, -0.25) is 9.48 Å². The molecule has 1 aromatic heterocycles. The van der Waals surface area contributed by atoms with Gasteiger partial charge < -0.3 is 5.32 Å². The zero-order chi connectivity index (χ0) is 13.0. The summed E-state index contributed by atoms with van der Waals surface area (Å²) in [5.74, 6) is -0.0838. The zero-order valence-corrected chi connectivity index (χ0v) is 11.5. The molecule has 0 aliphatic rings. The molecule has 0 aliphatic heterocycles. The molecule has 0 spiro atoms. The van der Waals surface area contributed by atoms with Gasteiger partial charge in [0, 0.05) is 22.8 Å². The SMILES string of the molecule is Cc1cc(Br)cc(C(=O)NCCn2ccnn2)c1. The van der Waals surface area contributed by atoms with E-state index in [9.17, 15) is 4.79 Å². The molecule has 0 fully saturated rings. The molecule has 1 amide bonds. The van der Waals surface area contributed by atoms with Crippen molar-refractivity contribution in [2.75, 3.05) is 6.54 Å². The Hall–Kier alpha value is -1.69. The first kappa shape index (κ1) is 12.8. The molecule has 0 saturated carbocycles. The number of rotatable bonds is 4. The third-order valence-electron chi connectivity index (χ3n) is 2.40. The van der Waals surface area contributed by atoms with Gasteiger partial charge in [-0.05, 0) is 30.7 Å². The van der Waals surface area contributed by atoms with Crippen molar-refractivity contribution in [3.8, 4) is 0 Å². The fourth-order valence-electron chi connectivity index (χ4n) is 1.61. The molecule has 0 aliphatic carbocycles. The van der Waals surface area contributed by atoms with Crippen LogP contribution < -0.4 is 5.32 Å². The number of amides is 1. The lowest BCUT2D eigenvalue weighted by molar-refractivity contribution is 0.0951. The lowest BCUT2D eigenvalue weighted by atomic mass is 10.1. The third-order valence-corrected chi connectivity index (χ3v) is 2.86. The maximum atomic E-state index is 11.9. The van der Waals surface area contributed by atoms with Crippen LogP contribution in [0, 0.1) is 6.92 Å². The van der Waals surface area contributed by atoms with Gasteiger partial charge in [0.2, 0.25) is 0 Å². The number of aromatic nitrogens is 3. The van der Waals surface area contributed by atoms with E-state index in [0.717, 1.165) is 10.0 Å². The van der Waals surface area contributed by atoms with Gasteiger partial charge >= 0.3 is 0 Å². The van der Waals surface area contributed by atoms with E-state index in [-0.39, 0.29) is 5.91 Å². The van der Waals surface area contributed by atoms with Crippen molar-refractivity contribution in [1.29, 1.82) is 0 Å². The van der Waals surface area contributed by atoms with Gasteiger partial charge in [-0.1, -0.05) is 21.1 Å². The van der Waals surface area contributed by atoms with Crippen molar-refractivity contribution >= 4 is 21.8 Å². The van der Waals surface area contributed by atoms with E-state index < -0.39 is 0 Å². The standard InChI is InChI=1S/C12H13BrN4O/c1-9-6-10(8-11(13)7-9)12(18)14-2-4-17-5-3-15-16-17/h3,5-8H,2,4H2,1H3,(H,14,18). The number of nitrogens with one attached hydrogen (secondary N) is 1. The molecule has 0 saturated heterocycles. The molecule has 0 bridgehead atoms. The molecule has 18 heavy (non-hydrogen) atoms.